The zero-order valence-electron chi connectivity index (χ0n) is 6.48. The van der Waals surface area contributed by atoms with Crippen LogP contribution in [-0.2, 0) is 21.1 Å². The van der Waals surface area contributed by atoms with E-state index in [2.05, 4.69) is 13.8 Å². The number of hydrogen-bond acceptors (Lipinski definition) is 0. The molecule has 10 heavy (non-hydrogen) atoms. The van der Waals surface area contributed by atoms with E-state index >= 15 is 0 Å². The topological polar surface area (TPSA) is 0 Å². The van der Waals surface area contributed by atoms with Gasteiger partial charge in [-0.05, 0) is 0 Å². The molecule has 0 saturated heterocycles. The molecule has 1 aliphatic carbocycles. The monoisotopic (exact) mass is 310 g/mol. The van der Waals surface area contributed by atoms with E-state index in [1.807, 2.05) is 0 Å². The SMILES string of the molecule is CC1(C)CC[C-](F)C1.[B].[W]. The van der Waals surface area contributed by atoms with Crippen LogP contribution in [0.15, 0.2) is 0 Å². The average molecular weight is 310 g/mol. The van der Waals surface area contributed by atoms with Crippen LogP contribution < -0.4 is 0 Å². The Morgan fingerprint density at radius 1 is 1.40 bits per heavy atom. The third-order valence-electron chi connectivity index (χ3n) is 1.74. The Hall–Kier alpha value is 0.683. The van der Waals surface area contributed by atoms with E-state index in [1.54, 1.807) is 0 Å². The first-order valence-corrected chi connectivity index (χ1v) is 3.10. The standard InChI is InChI=1S/C7H12F.B.W/c1-7(2)4-3-6(8)5-7;;/h3-5H2,1-2H3;;/q-1;;. The van der Waals surface area contributed by atoms with Crippen molar-refractivity contribution in [3.63, 3.8) is 0 Å². The van der Waals surface area contributed by atoms with Crippen LogP contribution in [0, 0.1) is 11.6 Å². The Labute approximate surface area is 78.8 Å². The molecule has 0 spiro atoms. The predicted octanol–water partition coefficient (Wildman–Crippen LogP) is 2.31. The second kappa shape index (κ2) is 4.54. The first-order valence-electron chi connectivity index (χ1n) is 3.10. The van der Waals surface area contributed by atoms with E-state index in [-0.39, 0.29) is 41.1 Å². The van der Waals surface area contributed by atoms with E-state index in [0.29, 0.717) is 12.8 Å². The molecule has 0 bridgehead atoms. The van der Waals surface area contributed by atoms with Gasteiger partial charge in [-0.2, -0.15) is 6.17 Å². The third-order valence-corrected chi connectivity index (χ3v) is 1.74. The van der Waals surface area contributed by atoms with Crippen molar-refractivity contribution < 1.29 is 25.5 Å². The number of hydrogen-bond donors (Lipinski definition) is 0. The van der Waals surface area contributed by atoms with Crippen molar-refractivity contribution >= 4 is 8.41 Å². The maximum absolute atomic E-state index is 12.3. The largest absolute Gasteiger partial charge is 0.456 e. The molecule has 3 heteroatoms. The molecule has 1 saturated carbocycles. The fourth-order valence-corrected chi connectivity index (χ4v) is 1.17. The maximum atomic E-state index is 12.3. The summed E-state index contributed by atoms with van der Waals surface area (Å²) in [5, 5.41) is 0. The van der Waals surface area contributed by atoms with E-state index in [9.17, 15) is 4.39 Å². The minimum atomic E-state index is 0. The van der Waals surface area contributed by atoms with Crippen molar-refractivity contribution in [1.82, 2.24) is 0 Å². The van der Waals surface area contributed by atoms with Crippen LogP contribution >= 0.6 is 0 Å². The first kappa shape index (κ1) is 13.3. The van der Waals surface area contributed by atoms with Crippen LogP contribution in [-0.4, -0.2) is 8.41 Å². The van der Waals surface area contributed by atoms with Crippen molar-refractivity contribution in [2.24, 2.45) is 5.41 Å². The van der Waals surface area contributed by atoms with Gasteiger partial charge in [-0.1, -0.05) is 25.7 Å². The smallest absolute Gasteiger partial charge is 0 e. The fourth-order valence-electron chi connectivity index (χ4n) is 1.17. The van der Waals surface area contributed by atoms with Gasteiger partial charge in [-0.25, -0.2) is 0 Å². The van der Waals surface area contributed by atoms with Crippen LogP contribution in [0.1, 0.15) is 33.1 Å². The van der Waals surface area contributed by atoms with Gasteiger partial charge in [0.15, 0.2) is 0 Å². The molecule has 0 aromatic rings. The van der Waals surface area contributed by atoms with Gasteiger partial charge in [-0.15, -0.1) is 12.8 Å². The Morgan fingerprint density at radius 2 is 1.90 bits per heavy atom. The summed E-state index contributed by atoms with van der Waals surface area (Å²) < 4.78 is 12.3. The van der Waals surface area contributed by atoms with Crippen molar-refractivity contribution in [3.8, 4) is 0 Å². The van der Waals surface area contributed by atoms with Gasteiger partial charge >= 0.3 is 0 Å². The molecule has 0 amide bonds. The molecule has 0 aromatic carbocycles. The molecule has 1 rings (SSSR count). The van der Waals surface area contributed by atoms with Crippen LogP contribution in [0.3, 0.4) is 0 Å². The normalized spacial score (nSPS) is 23.1. The summed E-state index contributed by atoms with van der Waals surface area (Å²) in [7, 11) is 0. The van der Waals surface area contributed by atoms with Gasteiger partial charge in [0.1, 0.15) is 0 Å². The molecular weight excluding hydrogens is 298 g/mol. The Bertz CT molecular complexity index is 95.6. The first-order chi connectivity index (χ1) is 3.60. The molecule has 0 unspecified atom stereocenters. The minimum absolute atomic E-state index is 0. The van der Waals surface area contributed by atoms with Crippen LogP contribution in [0.4, 0.5) is 4.39 Å². The summed E-state index contributed by atoms with van der Waals surface area (Å²) in [6, 6.07) is 0. The summed E-state index contributed by atoms with van der Waals surface area (Å²) in [6.07, 6.45) is 2.61. The quantitative estimate of drug-likeness (QED) is 0.476. The van der Waals surface area contributed by atoms with Gasteiger partial charge < -0.3 is 4.39 Å². The number of halogens is 1. The molecule has 0 N–H and O–H groups in total. The predicted molar refractivity (Wildman–Crippen MR) is 37.7 cm³/mol. The molecular formula is C7H12BFW-. The van der Waals surface area contributed by atoms with E-state index in [4.69, 9.17) is 0 Å². The molecule has 0 heterocycles. The van der Waals surface area contributed by atoms with Gasteiger partial charge in [0, 0.05) is 29.5 Å². The summed E-state index contributed by atoms with van der Waals surface area (Å²) in [5.41, 5.74) is 0.254. The average Bonchev–Trinajstić information content (AvgIpc) is 1.82. The van der Waals surface area contributed by atoms with Crippen molar-refractivity contribution in [2.45, 2.75) is 33.1 Å². The molecule has 0 aromatic heterocycles. The van der Waals surface area contributed by atoms with Crippen LogP contribution in [0.25, 0.3) is 0 Å². The van der Waals surface area contributed by atoms with E-state index in [1.165, 1.54) is 0 Å². The van der Waals surface area contributed by atoms with Gasteiger partial charge in [0.05, 0.1) is 0 Å². The van der Waals surface area contributed by atoms with Crippen molar-refractivity contribution in [3.05, 3.63) is 6.17 Å². The Balaban J connectivity index is 0. The fraction of sp³-hybridized carbons (Fsp3) is 0.857. The zero-order chi connectivity index (χ0) is 6.20. The van der Waals surface area contributed by atoms with Gasteiger partial charge in [0.25, 0.3) is 0 Å². The minimum Gasteiger partial charge on any atom is -0.456 e. The van der Waals surface area contributed by atoms with E-state index in [0.717, 1.165) is 6.42 Å². The Morgan fingerprint density at radius 3 is 2.00 bits per heavy atom. The molecule has 0 aliphatic heterocycles. The van der Waals surface area contributed by atoms with Gasteiger partial charge in [-0.3, -0.25) is 0 Å². The second-order valence-electron chi connectivity index (χ2n) is 3.36. The van der Waals surface area contributed by atoms with E-state index < -0.39 is 0 Å². The summed E-state index contributed by atoms with van der Waals surface area (Å²) in [4.78, 5) is 0. The number of rotatable bonds is 0. The summed E-state index contributed by atoms with van der Waals surface area (Å²) >= 11 is 0. The van der Waals surface area contributed by atoms with Crippen molar-refractivity contribution in [2.75, 3.05) is 0 Å². The molecule has 0 nitrogen and oxygen atoms in total. The maximum Gasteiger partial charge on any atom is 0 e. The molecule has 57 valence electrons. The summed E-state index contributed by atoms with van der Waals surface area (Å²) in [5.74, 6) is 0. The van der Waals surface area contributed by atoms with Crippen LogP contribution in [0.5, 0.6) is 0 Å². The molecule has 1 fully saturated rings. The molecule has 1 aliphatic rings. The second-order valence-corrected chi connectivity index (χ2v) is 3.36. The molecule has 0 atom stereocenters. The summed E-state index contributed by atoms with van der Waals surface area (Å²) in [6.45, 7) is 4.22. The molecule has 3 radical (unpaired) electrons. The third kappa shape index (κ3) is 3.76. The van der Waals surface area contributed by atoms with Crippen LogP contribution in [0.2, 0.25) is 0 Å². The Kier molecular flexibility index (Phi) is 6.03. The van der Waals surface area contributed by atoms with Gasteiger partial charge in [0.2, 0.25) is 0 Å². The zero-order valence-corrected chi connectivity index (χ0v) is 9.42. The van der Waals surface area contributed by atoms with Crippen molar-refractivity contribution in [1.29, 1.82) is 0 Å².